The molecule has 70 valence electrons. The zero-order chi connectivity index (χ0) is 9.97. The number of hydrogen-bond acceptors (Lipinski definition) is 3. The zero-order valence-electron chi connectivity index (χ0n) is 7.18. The maximum atomic E-state index is 9.26. The quantitative estimate of drug-likeness (QED) is 0.780. The van der Waals surface area contributed by atoms with Crippen molar-refractivity contribution >= 4 is 11.6 Å². The molecule has 0 bridgehead atoms. The zero-order valence-corrected chi connectivity index (χ0v) is 7.94. The molecule has 1 aromatic carbocycles. The number of halogens is 1. The molecule has 0 saturated heterocycles. The van der Waals surface area contributed by atoms with Crippen molar-refractivity contribution in [2.75, 3.05) is 0 Å². The van der Waals surface area contributed by atoms with Crippen LogP contribution in [0.2, 0.25) is 5.02 Å². The van der Waals surface area contributed by atoms with Crippen molar-refractivity contribution in [3.8, 4) is 17.0 Å². The Balaban J connectivity index is 2.49. The van der Waals surface area contributed by atoms with Crippen LogP contribution in [-0.4, -0.2) is 15.3 Å². The van der Waals surface area contributed by atoms with Gasteiger partial charge in [-0.05, 0) is 18.2 Å². The highest BCUT2D eigenvalue weighted by molar-refractivity contribution is 6.30. The fourth-order valence-corrected chi connectivity index (χ4v) is 1.30. The normalized spacial score (nSPS) is 10.1. The van der Waals surface area contributed by atoms with Crippen LogP contribution in [0, 0.1) is 0 Å². The second kappa shape index (κ2) is 3.64. The number of aromatic hydroxyl groups is 1. The van der Waals surface area contributed by atoms with Gasteiger partial charge in [0.05, 0.1) is 16.9 Å². The average Bonchev–Trinajstić information content (AvgIpc) is 2.18. The molecule has 0 unspecified atom stereocenters. The molecule has 14 heavy (non-hydrogen) atoms. The summed E-state index contributed by atoms with van der Waals surface area (Å²) in [4.78, 5) is 0. The molecule has 1 N–H and O–H groups in total. The minimum absolute atomic E-state index is 0.198. The van der Waals surface area contributed by atoms with E-state index in [1.54, 1.807) is 24.3 Å². The van der Waals surface area contributed by atoms with E-state index in [1.165, 1.54) is 6.20 Å². The number of hydrogen-bond donors (Lipinski definition) is 1. The van der Waals surface area contributed by atoms with E-state index in [1.807, 2.05) is 6.07 Å². The minimum Gasteiger partial charge on any atom is -0.508 e. The van der Waals surface area contributed by atoms with Gasteiger partial charge in [-0.25, -0.2) is 0 Å². The Morgan fingerprint density at radius 1 is 1.21 bits per heavy atom. The van der Waals surface area contributed by atoms with Gasteiger partial charge in [0.25, 0.3) is 0 Å². The smallest absolute Gasteiger partial charge is 0.116 e. The van der Waals surface area contributed by atoms with E-state index in [-0.39, 0.29) is 5.75 Å². The van der Waals surface area contributed by atoms with Crippen LogP contribution in [-0.2, 0) is 0 Å². The summed E-state index contributed by atoms with van der Waals surface area (Å²) in [6.45, 7) is 0. The molecule has 3 nitrogen and oxygen atoms in total. The number of phenolic OH excluding ortho intramolecular Hbond substituents is 1. The van der Waals surface area contributed by atoms with Gasteiger partial charge in [-0.3, -0.25) is 0 Å². The lowest BCUT2D eigenvalue weighted by Crippen LogP contribution is -1.86. The first-order valence-electron chi connectivity index (χ1n) is 4.03. The van der Waals surface area contributed by atoms with E-state index in [9.17, 15) is 5.11 Å². The predicted octanol–water partition coefficient (Wildman–Crippen LogP) is 2.50. The lowest BCUT2D eigenvalue weighted by molar-refractivity contribution is 0.475. The van der Waals surface area contributed by atoms with Crippen LogP contribution in [0.15, 0.2) is 36.5 Å². The molecule has 0 amide bonds. The van der Waals surface area contributed by atoms with E-state index >= 15 is 0 Å². The van der Waals surface area contributed by atoms with Crippen LogP contribution in [0.4, 0.5) is 0 Å². The van der Waals surface area contributed by atoms with Gasteiger partial charge >= 0.3 is 0 Å². The average molecular weight is 207 g/mol. The molecule has 0 radical (unpaired) electrons. The van der Waals surface area contributed by atoms with E-state index in [0.717, 1.165) is 5.56 Å². The van der Waals surface area contributed by atoms with E-state index in [0.29, 0.717) is 10.7 Å². The highest BCUT2D eigenvalue weighted by Crippen LogP contribution is 2.22. The molecule has 0 saturated carbocycles. The minimum atomic E-state index is 0.198. The Morgan fingerprint density at radius 3 is 2.79 bits per heavy atom. The third-order valence-electron chi connectivity index (χ3n) is 1.76. The maximum absolute atomic E-state index is 9.26. The van der Waals surface area contributed by atoms with Crippen LogP contribution in [0.5, 0.6) is 5.75 Å². The van der Waals surface area contributed by atoms with Crippen molar-refractivity contribution in [3.05, 3.63) is 41.6 Å². The Morgan fingerprint density at radius 2 is 2.07 bits per heavy atom. The topological polar surface area (TPSA) is 46.0 Å². The predicted molar refractivity (Wildman–Crippen MR) is 54.1 cm³/mol. The third kappa shape index (κ3) is 1.83. The summed E-state index contributed by atoms with van der Waals surface area (Å²) in [5, 5.41) is 17.4. The van der Waals surface area contributed by atoms with Gasteiger partial charge in [-0.2, -0.15) is 10.2 Å². The summed E-state index contributed by atoms with van der Waals surface area (Å²) < 4.78 is 0. The summed E-state index contributed by atoms with van der Waals surface area (Å²) in [6.07, 6.45) is 1.47. The second-order valence-corrected chi connectivity index (χ2v) is 3.25. The molecule has 1 heterocycles. The molecule has 0 atom stereocenters. The standard InChI is InChI=1S/C10H7ClN2O/c11-8-5-10(13-12-6-8)7-2-1-3-9(14)4-7/h1-6,14H. The fraction of sp³-hybridized carbons (Fsp3) is 0. The highest BCUT2D eigenvalue weighted by Gasteiger charge is 2.01. The lowest BCUT2D eigenvalue weighted by Gasteiger charge is -2.00. The molecule has 1 aromatic heterocycles. The summed E-state index contributed by atoms with van der Waals surface area (Å²) in [5.41, 5.74) is 1.44. The number of benzene rings is 1. The molecule has 4 heteroatoms. The first-order chi connectivity index (χ1) is 6.75. The number of rotatable bonds is 1. The number of nitrogens with zero attached hydrogens (tertiary/aromatic N) is 2. The highest BCUT2D eigenvalue weighted by atomic mass is 35.5. The van der Waals surface area contributed by atoms with Gasteiger partial charge in [0.1, 0.15) is 5.75 Å². The van der Waals surface area contributed by atoms with Crippen LogP contribution in [0.3, 0.4) is 0 Å². The first kappa shape index (κ1) is 8.97. The van der Waals surface area contributed by atoms with E-state index in [4.69, 9.17) is 11.6 Å². The first-order valence-corrected chi connectivity index (χ1v) is 4.41. The van der Waals surface area contributed by atoms with Crippen molar-refractivity contribution in [2.45, 2.75) is 0 Å². The van der Waals surface area contributed by atoms with Crippen LogP contribution >= 0.6 is 11.6 Å². The second-order valence-electron chi connectivity index (χ2n) is 2.81. The summed E-state index contributed by atoms with van der Waals surface area (Å²) in [6, 6.07) is 8.48. The van der Waals surface area contributed by atoms with Crippen molar-refractivity contribution < 1.29 is 5.11 Å². The van der Waals surface area contributed by atoms with Gasteiger partial charge in [-0.1, -0.05) is 23.7 Å². The SMILES string of the molecule is Oc1cccc(-c2cc(Cl)cnn2)c1. The van der Waals surface area contributed by atoms with Crippen molar-refractivity contribution in [1.29, 1.82) is 0 Å². The summed E-state index contributed by atoms with van der Waals surface area (Å²) in [7, 11) is 0. The molecule has 0 fully saturated rings. The van der Waals surface area contributed by atoms with Crippen LogP contribution < -0.4 is 0 Å². The van der Waals surface area contributed by atoms with Gasteiger partial charge in [0, 0.05) is 5.56 Å². The molecule has 0 spiro atoms. The molecule has 0 aliphatic carbocycles. The Labute approximate surface area is 86.0 Å². The van der Waals surface area contributed by atoms with Gasteiger partial charge in [0.2, 0.25) is 0 Å². The molecule has 0 aliphatic rings. The summed E-state index contributed by atoms with van der Waals surface area (Å²) in [5.74, 6) is 0.198. The Bertz CT molecular complexity index is 416. The molecule has 2 rings (SSSR count). The Kier molecular flexibility index (Phi) is 2.33. The van der Waals surface area contributed by atoms with E-state index in [2.05, 4.69) is 10.2 Å². The monoisotopic (exact) mass is 206 g/mol. The summed E-state index contributed by atoms with van der Waals surface area (Å²) >= 11 is 5.77. The number of phenols is 1. The molecule has 2 aromatic rings. The van der Waals surface area contributed by atoms with Gasteiger partial charge in [0.15, 0.2) is 0 Å². The van der Waals surface area contributed by atoms with Crippen molar-refractivity contribution in [2.24, 2.45) is 0 Å². The molecular formula is C10H7ClN2O. The van der Waals surface area contributed by atoms with Crippen molar-refractivity contribution in [3.63, 3.8) is 0 Å². The largest absolute Gasteiger partial charge is 0.508 e. The van der Waals surface area contributed by atoms with Crippen molar-refractivity contribution in [1.82, 2.24) is 10.2 Å². The van der Waals surface area contributed by atoms with Crippen LogP contribution in [0.1, 0.15) is 0 Å². The van der Waals surface area contributed by atoms with E-state index < -0.39 is 0 Å². The van der Waals surface area contributed by atoms with Gasteiger partial charge in [-0.15, -0.1) is 0 Å². The van der Waals surface area contributed by atoms with Gasteiger partial charge < -0.3 is 5.11 Å². The number of aromatic nitrogens is 2. The molecular weight excluding hydrogens is 200 g/mol. The lowest BCUT2D eigenvalue weighted by atomic mass is 10.1. The van der Waals surface area contributed by atoms with Crippen LogP contribution in [0.25, 0.3) is 11.3 Å². The Hall–Kier alpha value is -1.61. The maximum Gasteiger partial charge on any atom is 0.116 e. The fourth-order valence-electron chi connectivity index (χ4n) is 1.15. The molecule has 0 aliphatic heterocycles. The third-order valence-corrected chi connectivity index (χ3v) is 1.97.